The lowest BCUT2D eigenvalue weighted by Gasteiger charge is -2.26. The quantitative estimate of drug-likeness (QED) is 0.815. The van der Waals surface area contributed by atoms with Crippen molar-refractivity contribution in [2.24, 2.45) is 11.1 Å². The largest absolute Gasteiger partial charge is 0.435 e. The molecule has 24 heavy (non-hydrogen) atoms. The van der Waals surface area contributed by atoms with E-state index in [-0.39, 0.29) is 35.5 Å². The molecule has 1 aliphatic heterocycles. The Morgan fingerprint density at radius 2 is 2.04 bits per heavy atom. The van der Waals surface area contributed by atoms with E-state index in [4.69, 9.17) is 5.73 Å². The second-order valence-electron chi connectivity index (χ2n) is 6.30. The van der Waals surface area contributed by atoms with Crippen molar-refractivity contribution in [1.29, 1.82) is 0 Å². The Bertz CT molecular complexity index is 545. The Balaban J connectivity index is 0.00000288. The molecule has 1 aliphatic rings. The van der Waals surface area contributed by atoms with Crippen LogP contribution in [0.5, 0.6) is 5.75 Å². The number of nitrogens with one attached hydrogen (secondary N) is 1. The lowest BCUT2D eigenvalue weighted by Crippen LogP contribution is -2.42. The highest BCUT2D eigenvalue weighted by Gasteiger charge is 2.36. The zero-order valence-corrected chi connectivity index (χ0v) is 14.6. The van der Waals surface area contributed by atoms with Crippen molar-refractivity contribution in [2.75, 3.05) is 25.0 Å². The lowest BCUT2D eigenvalue weighted by molar-refractivity contribution is -0.120. The van der Waals surface area contributed by atoms with E-state index in [1.54, 1.807) is 0 Å². The summed E-state index contributed by atoms with van der Waals surface area (Å²) in [4.78, 5) is 14.4. The molecule has 1 saturated heterocycles. The zero-order valence-electron chi connectivity index (χ0n) is 13.8. The Kier molecular flexibility index (Phi) is 7.38. The molecule has 0 saturated carbocycles. The lowest BCUT2D eigenvalue weighted by atomic mass is 9.90. The summed E-state index contributed by atoms with van der Waals surface area (Å²) in [6.07, 6.45) is 0.973. The van der Waals surface area contributed by atoms with Gasteiger partial charge in [-0.1, -0.05) is 6.92 Å². The van der Waals surface area contributed by atoms with Gasteiger partial charge in [0.15, 0.2) is 0 Å². The van der Waals surface area contributed by atoms with E-state index in [0.717, 1.165) is 19.5 Å². The molecule has 0 radical (unpaired) electrons. The van der Waals surface area contributed by atoms with Crippen LogP contribution in [0.15, 0.2) is 24.3 Å². The Labute approximate surface area is 146 Å². The summed E-state index contributed by atoms with van der Waals surface area (Å²) >= 11 is 0. The summed E-state index contributed by atoms with van der Waals surface area (Å²) in [5.74, 6) is -0.0712. The highest BCUT2D eigenvalue weighted by molar-refractivity contribution is 5.94. The maximum atomic E-state index is 12.3. The van der Waals surface area contributed by atoms with Gasteiger partial charge in [0, 0.05) is 12.2 Å². The molecule has 8 heteroatoms. The van der Waals surface area contributed by atoms with Gasteiger partial charge in [-0.25, -0.2) is 0 Å². The fourth-order valence-electron chi connectivity index (χ4n) is 2.69. The molecular weight excluding hydrogens is 340 g/mol. The van der Waals surface area contributed by atoms with Gasteiger partial charge in [0.2, 0.25) is 5.91 Å². The number of anilines is 1. The average molecular weight is 364 g/mol. The number of carbonyl (C=O) groups is 1. The van der Waals surface area contributed by atoms with Gasteiger partial charge in [-0.3, -0.25) is 9.69 Å². The molecule has 1 aromatic carbocycles. The Morgan fingerprint density at radius 1 is 1.42 bits per heavy atom. The molecule has 3 N–H and O–H groups in total. The van der Waals surface area contributed by atoms with Crippen LogP contribution in [0, 0.1) is 5.41 Å². The summed E-state index contributed by atoms with van der Waals surface area (Å²) in [6.45, 7) is 3.35. The molecule has 1 heterocycles. The third kappa shape index (κ3) is 5.29. The minimum absolute atomic E-state index is 0. The monoisotopic (exact) mass is 363 g/mol. The zero-order chi connectivity index (χ0) is 17.0. The number of likely N-dealkylation sites (tertiary alicyclic amines) is 1. The molecule has 136 valence electrons. The summed E-state index contributed by atoms with van der Waals surface area (Å²) in [7, 11) is 0. The van der Waals surface area contributed by atoms with Gasteiger partial charge in [-0.05, 0) is 56.1 Å². The fraction of sp³-hybridized carbons (Fsp3) is 0.562. The average Bonchev–Trinajstić information content (AvgIpc) is 2.91. The first-order valence-corrected chi connectivity index (χ1v) is 7.63. The molecule has 1 amide bonds. The number of alkyl halides is 2. The number of nitrogens with zero attached hydrogens (tertiary/aromatic N) is 1. The third-order valence-corrected chi connectivity index (χ3v) is 4.35. The van der Waals surface area contributed by atoms with E-state index >= 15 is 0 Å². The van der Waals surface area contributed by atoms with Gasteiger partial charge < -0.3 is 15.8 Å². The van der Waals surface area contributed by atoms with Gasteiger partial charge in [0.25, 0.3) is 0 Å². The van der Waals surface area contributed by atoms with Crippen LogP contribution in [0.1, 0.15) is 20.3 Å². The molecule has 0 bridgehead atoms. The number of halogens is 3. The first-order chi connectivity index (χ1) is 10.8. The van der Waals surface area contributed by atoms with Gasteiger partial charge >= 0.3 is 6.61 Å². The first kappa shape index (κ1) is 20.6. The molecule has 1 aromatic rings. The van der Waals surface area contributed by atoms with E-state index in [2.05, 4.69) is 21.9 Å². The maximum Gasteiger partial charge on any atom is 0.387 e. The highest BCUT2D eigenvalue weighted by atomic mass is 35.5. The van der Waals surface area contributed by atoms with Crippen molar-refractivity contribution in [1.82, 2.24) is 4.90 Å². The van der Waals surface area contributed by atoms with Crippen LogP contribution in [-0.2, 0) is 4.79 Å². The van der Waals surface area contributed by atoms with Crippen molar-refractivity contribution >= 4 is 24.0 Å². The van der Waals surface area contributed by atoms with Gasteiger partial charge in [-0.2, -0.15) is 8.78 Å². The molecule has 2 atom stereocenters. The topological polar surface area (TPSA) is 67.6 Å². The van der Waals surface area contributed by atoms with Crippen LogP contribution in [0.25, 0.3) is 0 Å². The molecule has 2 unspecified atom stereocenters. The summed E-state index contributed by atoms with van der Waals surface area (Å²) in [5.41, 5.74) is 6.39. The van der Waals surface area contributed by atoms with Crippen LogP contribution in [0.2, 0.25) is 0 Å². The van der Waals surface area contributed by atoms with Gasteiger partial charge in [0.1, 0.15) is 5.75 Å². The van der Waals surface area contributed by atoms with Gasteiger partial charge in [-0.15, -0.1) is 12.4 Å². The predicted molar refractivity (Wildman–Crippen MR) is 91.8 cm³/mol. The summed E-state index contributed by atoms with van der Waals surface area (Å²) in [6, 6.07) is 5.59. The van der Waals surface area contributed by atoms with Crippen LogP contribution >= 0.6 is 12.4 Å². The first-order valence-electron chi connectivity index (χ1n) is 7.63. The number of rotatable bonds is 6. The minimum atomic E-state index is -2.86. The number of amides is 1. The fourth-order valence-corrected chi connectivity index (χ4v) is 2.69. The normalized spacial score (nSPS) is 22.1. The standard InChI is InChI=1S/C16H23F2N3O2.ClH/c1-11(21-8-7-16(2,9-19)10-21)14(22)20-12-3-5-13(6-4-12)23-15(17)18;/h3-6,11,15H,7-10,19H2,1-2H3,(H,20,22);1H. The van der Waals surface area contributed by atoms with Gasteiger partial charge in [0.05, 0.1) is 6.04 Å². The van der Waals surface area contributed by atoms with Crippen LogP contribution in [0.4, 0.5) is 14.5 Å². The Hall–Kier alpha value is -1.44. The smallest absolute Gasteiger partial charge is 0.387 e. The number of carbonyl (C=O) groups excluding carboxylic acids is 1. The van der Waals surface area contributed by atoms with Crippen LogP contribution < -0.4 is 15.8 Å². The molecular formula is C16H24ClF2N3O2. The maximum absolute atomic E-state index is 12.3. The van der Waals surface area contributed by atoms with Crippen molar-refractivity contribution < 1.29 is 18.3 Å². The summed E-state index contributed by atoms with van der Waals surface area (Å²) in [5, 5.41) is 2.79. The number of benzene rings is 1. The minimum Gasteiger partial charge on any atom is -0.435 e. The van der Waals surface area contributed by atoms with Crippen LogP contribution in [-0.4, -0.2) is 43.1 Å². The third-order valence-electron chi connectivity index (χ3n) is 4.35. The molecule has 0 aromatic heterocycles. The molecule has 2 rings (SSSR count). The van der Waals surface area contributed by atoms with E-state index in [1.807, 2.05) is 6.92 Å². The second kappa shape index (κ2) is 8.60. The van der Waals surface area contributed by atoms with Crippen molar-refractivity contribution in [2.45, 2.75) is 32.9 Å². The number of hydrogen-bond donors (Lipinski definition) is 2. The van der Waals surface area contributed by atoms with E-state index < -0.39 is 6.61 Å². The van der Waals surface area contributed by atoms with Crippen LogP contribution in [0.3, 0.4) is 0 Å². The predicted octanol–water partition coefficient (Wildman–Crippen LogP) is 2.71. The molecule has 0 aliphatic carbocycles. The van der Waals surface area contributed by atoms with Crippen molar-refractivity contribution in [3.63, 3.8) is 0 Å². The van der Waals surface area contributed by atoms with E-state index in [0.29, 0.717) is 12.2 Å². The number of hydrogen-bond acceptors (Lipinski definition) is 4. The highest BCUT2D eigenvalue weighted by Crippen LogP contribution is 2.30. The Morgan fingerprint density at radius 3 is 2.54 bits per heavy atom. The van der Waals surface area contributed by atoms with E-state index in [1.165, 1.54) is 24.3 Å². The van der Waals surface area contributed by atoms with E-state index in [9.17, 15) is 13.6 Å². The number of ether oxygens (including phenoxy) is 1. The molecule has 1 fully saturated rings. The van der Waals surface area contributed by atoms with Crippen molar-refractivity contribution in [3.05, 3.63) is 24.3 Å². The van der Waals surface area contributed by atoms with Crippen molar-refractivity contribution in [3.8, 4) is 5.75 Å². The second-order valence-corrected chi connectivity index (χ2v) is 6.30. The molecule has 0 spiro atoms. The SMILES string of the molecule is CC(C(=O)Nc1ccc(OC(F)F)cc1)N1CCC(C)(CN)C1.Cl. The summed E-state index contributed by atoms with van der Waals surface area (Å²) < 4.78 is 28.5. The number of nitrogens with two attached hydrogens (primary N) is 1. The molecule has 5 nitrogen and oxygen atoms in total.